The Kier molecular flexibility index (Phi) is 4.80. The number of nitrogens with zero attached hydrogens (tertiary/aromatic N) is 1. The SMILES string of the molecule is COc1cc(OC)cc(C(=O)Nc2ccc([N+](=O)[O-])c(C)c2)c1. The van der Waals surface area contributed by atoms with E-state index in [-0.39, 0.29) is 11.6 Å². The number of nitrogens with one attached hydrogen (secondary N) is 1. The zero-order valence-corrected chi connectivity index (χ0v) is 13.0. The van der Waals surface area contributed by atoms with Crippen LogP contribution in [0, 0.1) is 17.0 Å². The molecule has 1 amide bonds. The average molecular weight is 316 g/mol. The number of nitro groups is 1. The number of hydrogen-bond donors (Lipinski definition) is 1. The predicted octanol–water partition coefficient (Wildman–Crippen LogP) is 3.17. The van der Waals surface area contributed by atoms with E-state index in [4.69, 9.17) is 9.47 Å². The maximum Gasteiger partial charge on any atom is 0.272 e. The van der Waals surface area contributed by atoms with Crippen molar-refractivity contribution in [1.82, 2.24) is 0 Å². The van der Waals surface area contributed by atoms with Crippen molar-refractivity contribution in [3.8, 4) is 11.5 Å². The first-order valence-corrected chi connectivity index (χ1v) is 6.74. The van der Waals surface area contributed by atoms with Gasteiger partial charge in [0.2, 0.25) is 0 Å². The molecule has 2 rings (SSSR count). The van der Waals surface area contributed by atoms with Crippen molar-refractivity contribution < 1.29 is 19.2 Å². The number of benzene rings is 2. The van der Waals surface area contributed by atoms with Crippen LogP contribution in [0.5, 0.6) is 11.5 Å². The second-order valence-corrected chi connectivity index (χ2v) is 4.81. The molecule has 0 aliphatic carbocycles. The number of carbonyl (C=O) groups is 1. The number of hydrogen-bond acceptors (Lipinski definition) is 5. The summed E-state index contributed by atoms with van der Waals surface area (Å²) in [6, 6.07) is 9.21. The van der Waals surface area contributed by atoms with Crippen LogP contribution < -0.4 is 14.8 Å². The number of nitro benzene ring substituents is 1. The molecule has 120 valence electrons. The fourth-order valence-corrected chi connectivity index (χ4v) is 2.08. The maximum absolute atomic E-state index is 12.3. The summed E-state index contributed by atoms with van der Waals surface area (Å²) >= 11 is 0. The molecule has 0 saturated heterocycles. The van der Waals surface area contributed by atoms with Crippen molar-refractivity contribution in [3.05, 3.63) is 57.6 Å². The van der Waals surface area contributed by atoms with Crippen molar-refractivity contribution in [1.29, 1.82) is 0 Å². The summed E-state index contributed by atoms with van der Waals surface area (Å²) in [5, 5.41) is 13.5. The van der Waals surface area contributed by atoms with E-state index in [2.05, 4.69) is 5.32 Å². The van der Waals surface area contributed by atoms with Crippen LogP contribution in [0.2, 0.25) is 0 Å². The zero-order valence-electron chi connectivity index (χ0n) is 13.0. The third kappa shape index (κ3) is 3.76. The Labute approximate surface area is 133 Å². The van der Waals surface area contributed by atoms with Gasteiger partial charge in [-0.3, -0.25) is 14.9 Å². The van der Waals surface area contributed by atoms with Crippen molar-refractivity contribution >= 4 is 17.3 Å². The van der Waals surface area contributed by atoms with E-state index in [9.17, 15) is 14.9 Å². The highest BCUT2D eigenvalue weighted by Crippen LogP contribution is 2.25. The average Bonchev–Trinajstić information content (AvgIpc) is 2.53. The number of amides is 1. The van der Waals surface area contributed by atoms with E-state index >= 15 is 0 Å². The topological polar surface area (TPSA) is 90.7 Å². The third-order valence-corrected chi connectivity index (χ3v) is 3.26. The first kappa shape index (κ1) is 16.3. The van der Waals surface area contributed by atoms with Crippen LogP contribution in [-0.4, -0.2) is 25.1 Å². The van der Waals surface area contributed by atoms with Crippen molar-refractivity contribution in [2.45, 2.75) is 6.92 Å². The quantitative estimate of drug-likeness (QED) is 0.676. The molecule has 2 aromatic carbocycles. The molecule has 7 heteroatoms. The molecule has 0 radical (unpaired) electrons. The van der Waals surface area contributed by atoms with Gasteiger partial charge in [0.15, 0.2) is 0 Å². The Morgan fingerprint density at radius 2 is 1.70 bits per heavy atom. The molecule has 0 saturated carbocycles. The largest absolute Gasteiger partial charge is 0.497 e. The lowest BCUT2D eigenvalue weighted by Gasteiger charge is -2.10. The fraction of sp³-hybridized carbons (Fsp3) is 0.188. The molecule has 0 fully saturated rings. The van der Waals surface area contributed by atoms with Crippen molar-refractivity contribution in [2.75, 3.05) is 19.5 Å². The van der Waals surface area contributed by atoms with Gasteiger partial charge in [-0.2, -0.15) is 0 Å². The zero-order chi connectivity index (χ0) is 17.0. The molecule has 0 aromatic heterocycles. The standard InChI is InChI=1S/C16H16N2O5/c1-10-6-12(4-5-15(10)18(20)21)17-16(19)11-7-13(22-2)9-14(8-11)23-3/h4-9H,1-3H3,(H,17,19). The van der Waals surface area contributed by atoms with Gasteiger partial charge in [-0.05, 0) is 31.2 Å². The van der Waals surface area contributed by atoms with E-state index in [1.54, 1.807) is 31.2 Å². The Balaban J connectivity index is 2.25. The number of ether oxygens (including phenoxy) is 2. The molecule has 0 aliphatic rings. The molecule has 0 bridgehead atoms. The highest BCUT2D eigenvalue weighted by Gasteiger charge is 2.13. The number of carbonyl (C=O) groups excluding carboxylic acids is 1. The van der Waals surface area contributed by atoms with Gasteiger partial charge in [0.05, 0.1) is 19.1 Å². The van der Waals surface area contributed by atoms with Crippen LogP contribution in [-0.2, 0) is 0 Å². The Morgan fingerprint density at radius 3 is 2.17 bits per heavy atom. The summed E-state index contributed by atoms with van der Waals surface area (Å²) in [6.45, 7) is 1.61. The fourth-order valence-electron chi connectivity index (χ4n) is 2.08. The van der Waals surface area contributed by atoms with Gasteiger partial charge >= 0.3 is 0 Å². The minimum Gasteiger partial charge on any atom is -0.497 e. The normalized spacial score (nSPS) is 10.0. The van der Waals surface area contributed by atoms with Crippen LogP contribution >= 0.6 is 0 Å². The van der Waals surface area contributed by atoms with Gasteiger partial charge < -0.3 is 14.8 Å². The van der Waals surface area contributed by atoms with Crippen LogP contribution in [0.25, 0.3) is 0 Å². The predicted molar refractivity (Wildman–Crippen MR) is 85.3 cm³/mol. The van der Waals surface area contributed by atoms with Crippen molar-refractivity contribution in [2.24, 2.45) is 0 Å². The summed E-state index contributed by atoms with van der Waals surface area (Å²) < 4.78 is 10.2. The van der Waals surface area contributed by atoms with Gasteiger partial charge in [0.25, 0.3) is 11.6 Å². The number of methoxy groups -OCH3 is 2. The number of aryl methyl sites for hydroxylation is 1. The summed E-state index contributed by atoms with van der Waals surface area (Å²) in [7, 11) is 2.99. The summed E-state index contributed by atoms with van der Waals surface area (Å²) in [4.78, 5) is 22.7. The lowest BCUT2D eigenvalue weighted by atomic mass is 10.1. The first-order chi connectivity index (χ1) is 10.9. The third-order valence-electron chi connectivity index (χ3n) is 3.26. The number of rotatable bonds is 5. The van der Waals surface area contributed by atoms with Gasteiger partial charge in [-0.25, -0.2) is 0 Å². The van der Waals surface area contributed by atoms with Gasteiger partial charge in [-0.15, -0.1) is 0 Å². The molecular formula is C16H16N2O5. The summed E-state index contributed by atoms with van der Waals surface area (Å²) in [5.41, 5.74) is 1.30. The van der Waals surface area contributed by atoms with Crippen molar-refractivity contribution in [3.63, 3.8) is 0 Å². The Bertz CT molecular complexity index is 736. The minimum atomic E-state index is -0.464. The second kappa shape index (κ2) is 6.78. The van der Waals surface area contributed by atoms with E-state index in [1.807, 2.05) is 0 Å². The lowest BCUT2D eigenvalue weighted by molar-refractivity contribution is -0.385. The molecule has 0 heterocycles. The summed E-state index contributed by atoms with van der Waals surface area (Å²) in [5.74, 6) is 0.624. The van der Waals surface area contributed by atoms with Gasteiger partial charge in [-0.1, -0.05) is 0 Å². The van der Waals surface area contributed by atoms with E-state index in [0.29, 0.717) is 28.3 Å². The molecule has 2 aromatic rings. The van der Waals surface area contributed by atoms with Crippen LogP contribution in [0.15, 0.2) is 36.4 Å². The molecule has 23 heavy (non-hydrogen) atoms. The highest BCUT2D eigenvalue weighted by atomic mass is 16.6. The maximum atomic E-state index is 12.3. The molecule has 0 aliphatic heterocycles. The van der Waals surface area contributed by atoms with Crippen LogP contribution in [0.4, 0.5) is 11.4 Å². The number of anilines is 1. The highest BCUT2D eigenvalue weighted by molar-refractivity contribution is 6.04. The molecule has 0 atom stereocenters. The summed E-state index contributed by atoms with van der Waals surface area (Å²) in [6.07, 6.45) is 0. The second-order valence-electron chi connectivity index (χ2n) is 4.81. The lowest BCUT2D eigenvalue weighted by Crippen LogP contribution is -2.12. The van der Waals surface area contributed by atoms with E-state index in [0.717, 1.165) is 0 Å². The Hall–Kier alpha value is -3.09. The molecule has 1 N–H and O–H groups in total. The molecule has 0 spiro atoms. The van der Waals surface area contributed by atoms with E-state index < -0.39 is 4.92 Å². The van der Waals surface area contributed by atoms with Gasteiger partial charge in [0, 0.05) is 28.9 Å². The molecule has 0 unspecified atom stereocenters. The van der Waals surface area contributed by atoms with Crippen LogP contribution in [0.1, 0.15) is 15.9 Å². The van der Waals surface area contributed by atoms with E-state index in [1.165, 1.54) is 26.4 Å². The van der Waals surface area contributed by atoms with Crippen LogP contribution in [0.3, 0.4) is 0 Å². The minimum absolute atomic E-state index is 0.00560. The smallest absolute Gasteiger partial charge is 0.272 e. The van der Waals surface area contributed by atoms with Gasteiger partial charge in [0.1, 0.15) is 11.5 Å². The molecule has 7 nitrogen and oxygen atoms in total. The molecular weight excluding hydrogens is 300 g/mol. The first-order valence-electron chi connectivity index (χ1n) is 6.74. The monoisotopic (exact) mass is 316 g/mol. The Morgan fingerprint density at radius 1 is 1.09 bits per heavy atom.